The summed E-state index contributed by atoms with van der Waals surface area (Å²) >= 11 is 28.0. The minimum absolute atomic E-state index is 0.385. The van der Waals surface area contributed by atoms with Crippen LogP contribution in [0.4, 0.5) is 13.2 Å². The Kier molecular flexibility index (Phi) is 15.0. The smallest absolute Gasteiger partial charge is 0.166 e. The Hall–Kier alpha value is -5.29. The van der Waals surface area contributed by atoms with Crippen LogP contribution >= 0.6 is 46.4 Å². The number of aryl methyl sites for hydroxylation is 2. The zero-order valence-corrected chi connectivity index (χ0v) is 41.4. The summed E-state index contributed by atoms with van der Waals surface area (Å²) < 4.78 is 44.3. The Labute approximate surface area is 419 Å². The zero-order chi connectivity index (χ0) is 48.2. The molecule has 68 heavy (non-hydrogen) atoms. The number of rotatable bonds is 15. The summed E-state index contributed by atoms with van der Waals surface area (Å²) in [6.45, 7) is 8.55. The number of hydrogen-bond donors (Lipinski definition) is 0. The summed E-state index contributed by atoms with van der Waals surface area (Å²) in [5.74, 6) is -0.352. The van der Waals surface area contributed by atoms with Crippen molar-refractivity contribution in [3.8, 4) is 0 Å². The van der Waals surface area contributed by atoms with E-state index in [2.05, 4.69) is 130 Å². The summed E-state index contributed by atoms with van der Waals surface area (Å²) in [7, 11) is 0. The molecule has 0 N–H and O–H groups in total. The highest BCUT2D eigenvalue weighted by molar-refractivity contribution is 6.32. The molecular formula is C61H52Cl4F3. The van der Waals surface area contributed by atoms with E-state index in [1.807, 2.05) is 73.7 Å². The Morgan fingerprint density at radius 1 is 0.471 bits per heavy atom. The normalized spacial score (nSPS) is 15.0. The van der Waals surface area contributed by atoms with Crippen LogP contribution in [0.25, 0.3) is 0 Å². The number of hydrogen-bond acceptors (Lipinski definition) is 0. The van der Waals surface area contributed by atoms with Gasteiger partial charge < -0.3 is 0 Å². The van der Waals surface area contributed by atoms with Crippen molar-refractivity contribution in [2.24, 2.45) is 5.92 Å². The third-order valence-corrected chi connectivity index (χ3v) is 14.9. The van der Waals surface area contributed by atoms with E-state index in [-0.39, 0.29) is 11.8 Å². The molecule has 0 saturated carbocycles. The van der Waals surface area contributed by atoms with Crippen LogP contribution in [0.1, 0.15) is 99.7 Å². The van der Waals surface area contributed by atoms with Gasteiger partial charge in [0, 0.05) is 48.7 Å². The van der Waals surface area contributed by atoms with Crippen LogP contribution < -0.4 is 0 Å². The lowest BCUT2D eigenvalue weighted by Crippen LogP contribution is -2.53. The van der Waals surface area contributed by atoms with Gasteiger partial charge in [-0.25, -0.2) is 0 Å². The second-order valence-electron chi connectivity index (χ2n) is 18.1. The van der Waals surface area contributed by atoms with Gasteiger partial charge in [-0.2, -0.15) is 13.2 Å². The molecule has 0 bridgehead atoms. The topological polar surface area (TPSA) is 0 Å². The Balaban J connectivity index is 1.65. The molecule has 5 atom stereocenters. The lowest BCUT2D eigenvalue weighted by Gasteiger charge is -2.57. The largest absolute Gasteiger partial charge is 0.416 e. The van der Waals surface area contributed by atoms with Crippen molar-refractivity contribution in [3.63, 3.8) is 0 Å². The van der Waals surface area contributed by atoms with E-state index >= 15 is 0 Å². The molecular weight excluding hydrogens is 931 g/mol. The predicted octanol–water partition coefficient (Wildman–Crippen LogP) is 18.9. The molecule has 0 aliphatic heterocycles. The van der Waals surface area contributed by atoms with Crippen LogP contribution in [-0.4, -0.2) is 0 Å². The van der Waals surface area contributed by atoms with E-state index in [4.69, 9.17) is 46.4 Å². The summed E-state index contributed by atoms with van der Waals surface area (Å²) in [6, 6.07) is 65.7. The second-order valence-corrected chi connectivity index (χ2v) is 19.8. The quantitative estimate of drug-likeness (QED) is 0.0960. The van der Waals surface area contributed by atoms with Gasteiger partial charge in [0.1, 0.15) is 0 Å². The fourth-order valence-corrected chi connectivity index (χ4v) is 11.6. The van der Waals surface area contributed by atoms with E-state index in [9.17, 15) is 13.2 Å². The van der Waals surface area contributed by atoms with Crippen LogP contribution in [-0.2, 0) is 17.0 Å². The van der Waals surface area contributed by atoms with Crippen molar-refractivity contribution in [1.29, 1.82) is 0 Å². The lowest BCUT2D eigenvalue weighted by atomic mass is 9.45. The first-order valence-corrected chi connectivity index (χ1v) is 24.4. The highest BCUT2D eigenvalue weighted by Crippen LogP contribution is 2.65. The summed E-state index contributed by atoms with van der Waals surface area (Å²) in [5.41, 5.74) is 6.69. The van der Waals surface area contributed by atoms with Crippen molar-refractivity contribution in [2.75, 3.05) is 0 Å². The van der Waals surface area contributed by atoms with Gasteiger partial charge in [-0.3, -0.25) is 0 Å². The standard InChI is InChI=1S/C61H52Cl4F3/c1-5-38-60(48-14-10-7-11-15-48,53-37-18-41(3)39-54(53)65)58(46-21-27-49(28-22-46)61(66,67)68)59(4,47-29-35-52(64)36-30-47)57(55(42-12-8-6-9-13-42)44-23-31-50(62)32-24-44)56(43-19-16-40(2)17-20-43)45-25-33-51(63)34-26-45/h6-37,39,55-57H,5,38H2,1-4H3/t55?,56?,57?,59?,60-/m1/s1. The van der Waals surface area contributed by atoms with Gasteiger partial charge >= 0.3 is 6.18 Å². The van der Waals surface area contributed by atoms with Crippen LogP contribution in [0.3, 0.4) is 0 Å². The first-order valence-electron chi connectivity index (χ1n) is 22.9. The maximum absolute atomic E-state index is 14.8. The minimum Gasteiger partial charge on any atom is -0.166 e. The molecule has 7 heteroatoms. The lowest BCUT2D eigenvalue weighted by molar-refractivity contribution is -0.137. The molecule has 0 aliphatic carbocycles. The third kappa shape index (κ3) is 9.92. The average molecular weight is 984 g/mol. The molecule has 0 amide bonds. The summed E-state index contributed by atoms with van der Waals surface area (Å²) in [6.07, 6.45) is -3.32. The van der Waals surface area contributed by atoms with Gasteiger partial charge in [0.05, 0.1) is 5.56 Å². The number of benzene rings is 8. The fourth-order valence-electron chi connectivity index (χ4n) is 10.9. The van der Waals surface area contributed by atoms with E-state index in [1.54, 1.807) is 12.1 Å². The Morgan fingerprint density at radius 2 is 0.897 bits per heavy atom. The van der Waals surface area contributed by atoms with Crippen LogP contribution in [0.15, 0.2) is 200 Å². The molecule has 8 aromatic rings. The first kappa shape index (κ1) is 49.1. The zero-order valence-electron chi connectivity index (χ0n) is 38.3. The van der Waals surface area contributed by atoms with Crippen molar-refractivity contribution < 1.29 is 13.2 Å². The third-order valence-electron chi connectivity index (χ3n) is 13.8. The minimum atomic E-state index is -4.57. The van der Waals surface area contributed by atoms with Gasteiger partial charge in [0.15, 0.2) is 0 Å². The molecule has 8 rings (SSSR count). The summed E-state index contributed by atoms with van der Waals surface area (Å²) in [4.78, 5) is 0. The maximum atomic E-state index is 14.8. The van der Waals surface area contributed by atoms with E-state index in [0.717, 1.165) is 56.0 Å². The molecule has 4 unspecified atom stereocenters. The molecule has 345 valence electrons. The highest BCUT2D eigenvalue weighted by Gasteiger charge is 2.59. The predicted molar refractivity (Wildman–Crippen MR) is 279 cm³/mol. The maximum Gasteiger partial charge on any atom is 0.416 e. The molecule has 0 aromatic heterocycles. The van der Waals surface area contributed by atoms with E-state index < -0.39 is 28.5 Å². The van der Waals surface area contributed by atoms with Crippen LogP contribution in [0.2, 0.25) is 20.1 Å². The van der Waals surface area contributed by atoms with Crippen molar-refractivity contribution in [2.45, 2.75) is 69.4 Å². The molecule has 0 saturated heterocycles. The van der Waals surface area contributed by atoms with Crippen LogP contribution in [0, 0.1) is 25.7 Å². The van der Waals surface area contributed by atoms with E-state index in [1.165, 1.54) is 12.1 Å². The summed E-state index contributed by atoms with van der Waals surface area (Å²) in [5, 5.41) is 2.32. The first-order chi connectivity index (χ1) is 32.6. The van der Waals surface area contributed by atoms with Crippen molar-refractivity contribution >= 4 is 46.4 Å². The van der Waals surface area contributed by atoms with Gasteiger partial charge in [-0.05, 0) is 131 Å². The number of alkyl halides is 3. The number of halogens is 7. The Morgan fingerprint density at radius 3 is 1.37 bits per heavy atom. The molecule has 1 radical (unpaired) electrons. The highest BCUT2D eigenvalue weighted by atomic mass is 35.5. The molecule has 0 aliphatic rings. The molecule has 0 spiro atoms. The Bertz CT molecular complexity index is 2850. The molecule has 0 heterocycles. The van der Waals surface area contributed by atoms with Gasteiger partial charge in [-0.1, -0.05) is 218 Å². The molecule has 0 fully saturated rings. The van der Waals surface area contributed by atoms with Gasteiger partial charge in [-0.15, -0.1) is 0 Å². The molecule has 0 nitrogen and oxygen atoms in total. The van der Waals surface area contributed by atoms with Gasteiger partial charge in [0.25, 0.3) is 0 Å². The van der Waals surface area contributed by atoms with Crippen molar-refractivity contribution in [3.05, 3.63) is 287 Å². The van der Waals surface area contributed by atoms with Crippen LogP contribution in [0.5, 0.6) is 0 Å². The second kappa shape index (κ2) is 20.7. The average Bonchev–Trinajstić information content (AvgIpc) is 3.33. The molecule has 8 aromatic carbocycles. The monoisotopic (exact) mass is 981 g/mol. The van der Waals surface area contributed by atoms with Crippen molar-refractivity contribution in [1.82, 2.24) is 0 Å². The van der Waals surface area contributed by atoms with Gasteiger partial charge in [0.2, 0.25) is 0 Å². The van der Waals surface area contributed by atoms with E-state index in [0.29, 0.717) is 38.5 Å². The fraction of sp³-hybridized carbons (Fsp3) is 0.197. The SMILES string of the molecule is CCC[C@@]([C](c1ccc(C(F)(F)F)cc1)C(C)(c1ccc(Cl)cc1)C(C(c1ccccc1)c1ccc(Cl)cc1)C(c1ccc(C)cc1)c1ccc(Cl)cc1)(c1ccccc1)c1ccc(C)cc1Cl.